The summed E-state index contributed by atoms with van der Waals surface area (Å²) in [5.74, 6) is -3.21. The maximum Gasteiger partial charge on any atom is 0.355 e. The van der Waals surface area contributed by atoms with E-state index >= 15 is 0 Å². The summed E-state index contributed by atoms with van der Waals surface area (Å²) in [6, 6.07) is -2.15. The average molecular weight is 332 g/mol. The summed E-state index contributed by atoms with van der Waals surface area (Å²) in [5, 5.41) is 2.89. The molecule has 0 aromatic heterocycles. The number of rotatable bonds is 7. The number of amides is 3. The quantitative estimate of drug-likeness (QED) is 0.403. The van der Waals surface area contributed by atoms with E-state index in [9.17, 15) is 19.2 Å². The van der Waals surface area contributed by atoms with Crippen molar-refractivity contribution in [1.82, 2.24) is 15.3 Å². The molecule has 1 aliphatic heterocycles. The normalized spacial score (nSPS) is 21.3. The van der Waals surface area contributed by atoms with Crippen LogP contribution in [0.5, 0.6) is 0 Å². The molecule has 8 nitrogen and oxygen atoms in total. The Morgan fingerprint density at radius 1 is 1.35 bits per heavy atom. The van der Waals surface area contributed by atoms with Gasteiger partial charge in [0.1, 0.15) is 6.04 Å². The molecule has 8 heteroatoms. The molecule has 3 unspecified atom stereocenters. The molecule has 1 aliphatic rings. The highest BCUT2D eigenvalue weighted by atomic mass is 16.7. The summed E-state index contributed by atoms with van der Waals surface area (Å²) in [5.41, 5.74) is 0. The van der Waals surface area contributed by atoms with Crippen molar-refractivity contribution < 1.29 is 28.1 Å². The zero-order valence-corrected chi connectivity index (χ0v) is 13.8. The van der Waals surface area contributed by atoms with Gasteiger partial charge in [-0.1, -0.05) is 20.3 Å². The Morgan fingerprint density at radius 3 is 2.39 bits per heavy atom. The molecule has 0 spiro atoms. The Balaban J connectivity index is 2.86. The fraction of sp³-hybridized carbons (Fsp3) is 0.733. The van der Waals surface area contributed by atoms with Crippen LogP contribution in [0.25, 0.3) is 0 Å². The number of imide groups is 1. The molecular formula is C15H25N3O5. The van der Waals surface area contributed by atoms with E-state index in [0.717, 1.165) is 4.90 Å². The molecule has 0 radical (unpaired) electrons. The van der Waals surface area contributed by atoms with E-state index in [1.54, 1.807) is 13.8 Å². The molecule has 0 aromatic rings. The van der Waals surface area contributed by atoms with Crippen molar-refractivity contribution in [2.24, 2.45) is 5.92 Å². The van der Waals surface area contributed by atoms with Gasteiger partial charge in [-0.3, -0.25) is 19.3 Å². The molecule has 1 saturated heterocycles. The van der Waals surface area contributed by atoms with Crippen molar-refractivity contribution >= 4 is 23.7 Å². The third-order valence-corrected chi connectivity index (χ3v) is 3.91. The fourth-order valence-electron chi connectivity index (χ4n) is 1.92. The van der Waals surface area contributed by atoms with Crippen LogP contribution in [0.15, 0.2) is 0 Å². The van der Waals surface area contributed by atoms with Crippen molar-refractivity contribution in [1.29, 1.82) is 0 Å². The number of carbonyl (C=O) groups excluding carboxylic acids is 4. The Morgan fingerprint density at radius 2 is 1.91 bits per heavy atom. The average Bonchev–Trinajstić information content (AvgIpc) is 2.88. The molecule has 0 bridgehead atoms. The number of carbonyl (C=O) groups is 4. The first-order valence-corrected chi connectivity index (χ1v) is 7.51. The Kier molecular flexibility index (Phi) is 5.12. The van der Waals surface area contributed by atoms with Crippen LogP contribution >= 0.6 is 0 Å². The van der Waals surface area contributed by atoms with Gasteiger partial charge in [0.05, 0.1) is 6.04 Å². The Hall–Kier alpha value is -1.96. The molecule has 0 aromatic carbocycles. The van der Waals surface area contributed by atoms with Crippen LogP contribution in [-0.2, 0) is 24.0 Å². The lowest BCUT2D eigenvalue weighted by atomic mass is 10.00. The van der Waals surface area contributed by atoms with Crippen molar-refractivity contribution in [3.05, 3.63) is 0 Å². The Bertz CT molecular complexity index is 565. The van der Waals surface area contributed by atoms with Gasteiger partial charge in [-0.25, -0.2) is 4.79 Å². The van der Waals surface area contributed by atoms with Gasteiger partial charge >= 0.3 is 5.97 Å². The number of nitrogens with zero attached hydrogens (tertiary/aromatic N) is 2. The maximum atomic E-state index is 12.4. The minimum absolute atomic E-state index is 0.0348. The van der Waals surface area contributed by atoms with Crippen LogP contribution in [-0.4, -0.2) is 59.8 Å². The summed E-state index contributed by atoms with van der Waals surface area (Å²) < 4.78 is 22.0. The molecule has 130 valence electrons. The van der Waals surface area contributed by atoms with Gasteiger partial charge in [0.2, 0.25) is 5.91 Å². The summed E-state index contributed by atoms with van der Waals surface area (Å²) in [6.45, 7) is 2.41. The SMILES string of the molecule is [2H]C([2H])([2H])[15N](C)C(C)[13C](=O)NC(C(=O)ON1C(=O)CCC1=O)C(C)CC. The first-order valence-electron chi connectivity index (χ1n) is 9.01. The van der Waals surface area contributed by atoms with Crippen LogP contribution in [0.1, 0.15) is 44.1 Å². The predicted molar refractivity (Wildman–Crippen MR) is 81.7 cm³/mol. The van der Waals surface area contributed by atoms with E-state index < -0.39 is 42.8 Å². The van der Waals surface area contributed by atoms with Gasteiger partial charge < -0.3 is 10.2 Å². The van der Waals surface area contributed by atoms with Crippen LogP contribution < -0.4 is 5.32 Å². The van der Waals surface area contributed by atoms with E-state index in [2.05, 4.69) is 5.32 Å². The smallest absolute Gasteiger partial charge is 0.341 e. The first-order chi connectivity index (χ1) is 11.9. The van der Waals surface area contributed by atoms with E-state index in [1.165, 1.54) is 14.0 Å². The van der Waals surface area contributed by atoms with Crippen LogP contribution in [0.2, 0.25) is 0 Å². The van der Waals surface area contributed by atoms with Gasteiger partial charge in [0.15, 0.2) is 0 Å². The van der Waals surface area contributed by atoms with Crippen molar-refractivity contribution in [2.45, 2.75) is 52.1 Å². The lowest BCUT2D eigenvalue weighted by Crippen LogP contribution is -2.52. The lowest BCUT2D eigenvalue weighted by molar-refractivity contribution is -0.200. The second kappa shape index (κ2) is 8.05. The van der Waals surface area contributed by atoms with E-state index in [4.69, 9.17) is 8.95 Å². The fourth-order valence-corrected chi connectivity index (χ4v) is 1.92. The molecule has 1 heterocycles. The summed E-state index contributed by atoms with van der Waals surface area (Å²) >= 11 is 0. The zero-order chi connectivity index (χ0) is 20.2. The Labute approximate surface area is 140 Å². The topological polar surface area (TPSA) is 96.0 Å². The summed E-state index contributed by atoms with van der Waals surface area (Å²) in [7, 11) is 1.27. The van der Waals surface area contributed by atoms with E-state index in [1.807, 2.05) is 0 Å². The second-order valence-electron chi connectivity index (χ2n) is 5.65. The summed E-state index contributed by atoms with van der Waals surface area (Å²) in [4.78, 5) is 53.7. The standard InChI is InChI=1S/C15H25N3O5/c1-6-9(2)13(16-14(21)10(3)17(4)5)15(22)23-18-11(19)7-8-12(18)20/h9-10,13H,6-8H2,1-5H3,(H,16,21)/i4D3,14+1,17+1. The molecule has 0 saturated carbocycles. The molecule has 1 N–H and O–H groups in total. The third-order valence-electron chi connectivity index (χ3n) is 3.91. The minimum atomic E-state index is -2.47. The lowest BCUT2D eigenvalue weighted by Gasteiger charge is -2.27. The number of hydrogen-bond donors (Lipinski definition) is 1. The number of nitrogens with one attached hydrogen (secondary N) is 1. The molecule has 1 rings (SSSR count). The molecular weight excluding hydrogens is 304 g/mol. The molecule has 0 aliphatic carbocycles. The van der Waals surface area contributed by atoms with E-state index in [-0.39, 0.29) is 18.8 Å². The zero-order valence-electron chi connectivity index (χ0n) is 16.8. The van der Waals surface area contributed by atoms with Crippen LogP contribution in [0, 0.1) is 5.92 Å². The number of likely N-dealkylation sites (N-methyl/N-ethyl adjacent to an activating group) is 1. The van der Waals surface area contributed by atoms with Crippen LogP contribution in [0.3, 0.4) is 0 Å². The highest BCUT2D eigenvalue weighted by molar-refractivity contribution is 6.02. The minimum Gasteiger partial charge on any atom is -0.341 e. The first kappa shape index (κ1) is 14.6. The van der Waals surface area contributed by atoms with Crippen molar-refractivity contribution in [3.8, 4) is 0 Å². The van der Waals surface area contributed by atoms with E-state index in [0.29, 0.717) is 11.5 Å². The van der Waals surface area contributed by atoms with Crippen LogP contribution in [0.4, 0.5) is 0 Å². The largest absolute Gasteiger partial charge is 0.355 e. The predicted octanol–water partition coefficient (Wildman–Crippen LogP) is 0.0746. The third kappa shape index (κ3) is 4.75. The number of hydroxylamine groups is 2. The summed E-state index contributed by atoms with van der Waals surface area (Å²) in [6.07, 6.45) is 0.436. The monoisotopic (exact) mass is 332 g/mol. The molecule has 3 amide bonds. The molecule has 1 fully saturated rings. The molecule has 3 atom stereocenters. The highest BCUT2D eigenvalue weighted by Gasteiger charge is 2.37. The second-order valence-corrected chi connectivity index (χ2v) is 5.65. The van der Waals surface area contributed by atoms with Crippen molar-refractivity contribution in [2.75, 3.05) is 14.0 Å². The highest BCUT2D eigenvalue weighted by Crippen LogP contribution is 2.16. The molecule has 23 heavy (non-hydrogen) atoms. The van der Waals surface area contributed by atoms with Gasteiger partial charge in [-0.15, -0.1) is 5.06 Å². The van der Waals surface area contributed by atoms with Gasteiger partial charge in [-0.05, 0) is 26.9 Å². The van der Waals surface area contributed by atoms with Gasteiger partial charge in [0.25, 0.3) is 11.8 Å². The van der Waals surface area contributed by atoms with Crippen molar-refractivity contribution in [3.63, 3.8) is 0 Å². The maximum absolute atomic E-state index is 12.4. The van der Waals surface area contributed by atoms with Gasteiger partial charge in [-0.2, -0.15) is 0 Å². The van der Waals surface area contributed by atoms with Gasteiger partial charge in [0, 0.05) is 17.0 Å². The number of hydrogen-bond acceptors (Lipinski definition) is 6.